The van der Waals surface area contributed by atoms with Crippen molar-refractivity contribution in [1.29, 1.82) is 0 Å². The second-order valence-corrected chi connectivity index (χ2v) is 7.15. The van der Waals surface area contributed by atoms with Crippen LogP contribution in [0.5, 0.6) is 0 Å². The maximum atomic E-state index is 12.5. The molecule has 2 aromatic heterocycles. The van der Waals surface area contributed by atoms with Crippen LogP contribution in [-0.2, 0) is 22.5 Å². The number of anilines is 1. The van der Waals surface area contributed by atoms with Gasteiger partial charge in [0, 0.05) is 4.88 Å². The molecule has 0 atom stereocenters. The normalized spacial score (nSPS) is 10.8. The molecule has 0 unspecified atom stereocenters. The van der Waals surface area contributed by atoms with Crippen molar-refractivity contribution in [2.75, 3.05) is 11.9 Å². The van der Waals surface area contributed by atoms with Crippen molar-refractivity contribution < 1.29 is 14.3 Å². The highest BCUT2D eigenvalue weighted by atomic mass is 32.1. The van der Waals surface area contributed by atoms with Gasteiger partial charge in [0.15, 0.2) is 0 Å². The zero-order valence-electron chi connectivity index (χ0n) is 15.8. The standard InChI is InChI=1S/C19H20N4O4S/c1-4-14-11(3)16(19(26)27-5-2)17(28-14)20-15(24)10-23-18(25)12-8-6-7-9-13(12)21-22-23/h6-9H,4-5,10H2,1-3H3,(H,20,24). The molecule has 0 saturated carbocycles. The number of hydrogen-bond donors (Lipinski definition) is 1. The summed E-state index contributed by atoms with van der Waals surface area (Å²) in [6.07, 6.45) is 0.731. The number of rotatable bonds is 6. The van der Waals surface area contributed by atoms with E-state index in [1.54, 1.807) is 31.2 Å². The third-order valence-electron chi connectivity index (χ3n) is 4.22. The summed E-state index contributed by atoms with van der Waals surface area (Å²) in [4.78, 5) is 38.3. The van der Waals surface area contributed by atoms with Crippen LogP contribution in [0.3, 0.4) is 0 Å². The van der Waals surface area contributed by atoms with Crippen molar-refractivity contribution in [2.24, 2.45) is 0 Å². The number of ether oxygens (including phenoxy) is 1. The molecule has 8 nitrogen and oxygen atoms in total. The van der Waals surface area contributed by atoms with Crippen LogP contribution >= 0.6 is 11.3 Å². The predicted molar refractivity (Wildman–Crippen MR) is 107 cm³/mol. The topological polar surface area (TPSA) is 103 Å². The summed E-state index contributed by atoms with van der Waals surface area (Å²) in [5, 5.41) is 11.3. The van der Waals surface area contributed by atoms with E-state index in [1.165, 1.54) is 11.3 Å². The van der Waals surface area contributed by atoms with E-state index in [0.29, 0.717) is 21.5 Å². The van der Waals surface area contributed by atoms with E-state index < -0.39 is 17.4 Å². The van der Waals surface area contributed by atoms with Gasteiger partial charge in [0.2, 0.25) is 5.91 Å². The van der Waals surface area contributed by atoms with E-state index in [9.17, 15) is 14.4 Å². The molecule has 1 aromatic carbocycles. The minimum atomic E-state index is -0.478. The first-order chi connectivity index (χ1) is 13.5. The summed E-state index contributed by atoms with van der Waals surface area (Å²) in [5.41, 5.74) is 1.22. The fourth-order valence-electron chi connectivity index (χ4n) is 2.86. The molecular formula is C19H20N4O4S. The Labute approximate surface area is 165 Å². The molecule has 9 heteroatoms. The molecule has 0 aliphatic carbocycles. The highest BCUT2D eigenvalue weighted by Gasteiger charge is 2.23. The van der Waals surface area contributed by atoms with Gasteiger partial charge in [0.1, 0.15) is 17.1 Å². The summed E-state index contributed by atoms with van der Waals surface area (Å²) < 4.78 is 6.12. The molecule has 0 bridgehead atoms. The highest BCUT2D eigenvalue weighted by molar-refractivity contribution is 7.17. The third kappa shape index (κ3) is 3.79. The van der Waals surface area contributed by atoms with Crippen LogP contribution in [0.15, 0.2) is 29.1 Å². The van der Waals surface area contributed by atoms with Crippen molar-refractivity contribution in [3.05, 3.63) is 50.6 Å². The number of aromatic nitrogens is 3. The first-order valence-electron chi connectivity index (χ1n) is 8.88. The Balaban J connectivity index is 1.87. The number of fused-ring (bicyclic) bond motifs is 1. The monoisotopic (exact) mass is 400 g/mol. The number of nitrogens with zero attached hydrogens (tertiary/aromatic N) is 3. The summed E-state index contributed by atoms with van der Waals surface area (Å²) in [6.45, 7) is 5.46. The second kappa shape index (κ2) is 8.30. The molecule has 0 spiro atoms. The van der Waals surface area contributed by atoms with E-state index in [4.69, 9.17) is 4.74 Å². The number of carbonyl (C=O) groups is 2. The average Bonchev–Trinajstić information content (AvgIpc) is 2.99. The lowest BCUT2D eigenvalue weighted by Crippen LogP contribution is -2.30. The number of amides is 1. The lowest BCUT2D eigenvalue weighted by Gasteiger charge is -2.08. The quantitative estimate of drug-likeness (QED) is 0.638. The van der Waals surface area contributed by atoms with Gasteiger partial charge in [-0.05, 0) is 38.0 Å². The smallest absolute Gasteiger partial charge is 0.341 e. The number of aryl methyl sites for hydroxylation is 1. The van der Waals surface area contributed by atoms with Crippen molar-refractivity contribution in [2.45, 2.75) is 33.7 Å². The Hall–Kier alpha value is -3.07. The van der Waals surface area contributed by atoms with Gasteiger partial charge in [-0.1, -0.05) is 24.3 Å². The van der Waals surface area contributed by atoms with Crippen molar-refractivity contribution in [3.63, 3.8) is 0 Å². The average molecular weight is 400 g/mol. The van der Waals surface area contributed by atoms with E-state index in [-0.39, 0.29) is 13.2 Å². The van der Waals surface area contributed by atoms with Crippen LogP contribution in [0, 0.1) is 6.92 Å². The van der Waals surface area contributed by atoms with Crippen molar-refractivity contribution >= 4 is 39.1 Å². The molecule has 0 radical (unpaired) electrons. The first kappa shape index (κ1) is 19.7. The maximum absolute atomic E-state index is 12.5. The molecule has 0 aliphatic rings. The maximum Gasteiger partial charge on any atom is 0.341 e. The molecule has 0 aliphatic heterocycles. The van der Waals surface area contributed by atoms with Crippen LogP contribution in [0.25, 0.3) is 10.9 Å². The molecular weight excluding hydrogens is 380 g/mol. The lowest BCUT2D eigenvalue weighted by atomic mass is 10.1. The molecule has 28 heavy (non-hydrogen) atoms. The molecule has 0 saturated heterocycles. The fraction of sp³-hybridized carbons (Fsp3) is 0.316. The SMILES string of the molecule is CCOC(=O)c1c(NC(=O)Cn2nnc3ccccc3c2=O)sc(CC)c1C. The second-order valence-electron chi connectivity index (χ2n) is 6.05. The zero-order chi connectivity index (χ0) is 20.3. The predicted octanol–water partition coefficient (Wildman–Crippen LogP) is 2.54. The molecule has 1 N–H and O–H groups in total. The summed E-state index contributed by atoms with van der Waals surface area (Å²) in [7, 11) is 0. The number of esters is 1. The van der Waals surface area contributed by atoms with Crippen LogP contribution in [0.1, 0.15) is 34.6 Å². The van der Waals surface area contributed by atoms with Crippen molar-refractivity contribution in [3.8, 4) is 0 Å². The summed E-state index contributed by atoms with van der Waals surface area (Å²) in [6, 6.07) is 6.80. The van der Waals surface area contributed by atoms with Crippen LogP contribution < -0.4 is 10.9 Å². The van der Waals surface area contributed by atoms with Gasteiger partial charge in [0.05, 0.1) is 17.6 Å². The highest BCUT2D eigenvalue weighted by Crippen LogP contribution is 2.34. The molecule has 3 aromatic rings. The molecule has 2 heterocycles. The zero-order valence-corrected chi connectivity index (χ0v) is 16.6. The van der Waals surface area contributed by atoms with Gasteiger partial charge in [0.25, 0.3) is 5.56 Å². The number of benzene rings is 1. The Morgan fingerprint density at radius 3 is 2.71 bits per heavy atom. The van der Waals surface area contributed by atoms with Crippen molar-refractivity contribution in [1.82, 2.24) is 15.0 Å². The Morgan fingerprint density at radius 2 is 2.00 bits per heavy atom. The summed E-state index contributed by atoms with van der Waals surface area (Å²) in [5.74, 6) is -0.949. The Kier molecular flexibility index (Phi) is 5.84. The molecule has 0 fully saturated rings. The van der Waals surface area contributed by atoms with Gasteiger partial charge < -0.3 is 10.1 Å². The van der Waals surface area contributed by atoms with Gasteiger partial charge in [-0.2, -0.15) is 0 Å². The van der Waals surface area contributed by atoms with Crippen LogP contribution in [0.2, 0.25) is 0 Å². The molecule has 146 valence electrons. The fourth-order valence-corrected chi connectivity index (χ4v) is 4.01. The molecule has 3 rings (SSSR count). The molecule has 1 amide bonds. The van der Waals surface area contributed by atoms with E-state index >= 15 is 0 Å². The third-order valence-corrected chi connectivity index (χ3v) is 5.57. The minimum absolute atomic E-state index is 0.241. The van der Waals surface area contributed by atoms with Gasteiger partial charge in [-0.15, -0.1) is 16.4 Å². The van der Waals surface area contributed by atoms with Crippen LogP contribution in [-0.4, -0.2) is 33.5 Å². The van der Waals surface area contributed by atoms with Crippen LogP contribution in [0.4, 0.5) is 5.00 Å². The van der Waals surface area contributed by atoms with E-state index in [0.717, 1.165) is 21.5 Å². The van der Waals surface area contributed by atoms with Gasteiger partial charge in [-0.3, -0.25) is 9.59 Å². The Bertz CT molecular complexity index is 1100. The summed E-state index contributed by atoms with van der Waals surface area (Å²) >= 11 is 1.33. The number of carbonyl (C=O) groups excluding carboxylic acids is 2. The van der Waals surface area contributed by atoms with E-state index in [1.807, 2.05) is 13.8 Å². The number of thiophene rings is 1. The minimum Gasteiger partial charge on any atom is -0.462 e. The number of hydrogen-bond acceptors (Lipinski definition) is 7. The Morgan fingerprint density at radius 1 is 1.25 bits per heavy atom. The lowest BCUT2D eigenvalue weighted by molar-refractivity contribution is -0.117. The van der Waals surface area contributed by atoms with E-state index in [2.05, 4.69) is 15.6 Å². The largest absolute Gasteiger partial charge is 0.462 e. The first-order valence-corrected chi connectivity index (χ1v) is 9.69. The van der Waals surface area contributed by atoms with Gasteiger partial charge in [-0.25, -0.2) is 9.48 Å². The number of nitrogens with one attached hydrogen (secondary N) is 1. The van der Waals surface area contributed by atoms with Gasteiger partial charge >= 0.3 is 5.97 Å².